The second kappa shape index (κ2) is 4.63. The van der Waals surface area contributed by atoms with Crippen molar-refractivity contribution in [1.82, 2.24) is 0 Å². The first kappa shape index (κ1) is 13.5. The Hall–Kier alpha value is -0.940. The van der Waals surface area contributed by atoms with Gasteiger partial charge in [-0.1, -0.05) is 25.1 Å². The van der Waals surface area contributed by atoms with Gasteiger partial charge in [0.25, 0.3) is 0 Å². The van der Waals surface area contributed by atoms with Gasteiger partial charge in [-0.15, -0.1) is 0 Å². The summed E-state index contributed by atoms with van der Waals surface area (Å²) in [5.74, 6) is 0. The summed E-state index contributed by atoms with van der Waals surface area (Å²) in [4.78, 5) is 0. The van der Waals surface area contributed by atoms with Gasteiger partial charge in [-0.3, -0.25) is 0 Å². The molecule has 18 heavy (non-hydrogen) atoms. The number of aliphatic hydroxyl groups excluding tert-OH is 3. The fourth-order valence-corrected chi connectivity index (χ4v) is 2.39. The van der Waals surface area contributed by atoms with Crippen molar-refractivity contribution in [2.45, 2.75) is 32.7 Å². The van der Waals surface area contributed by atoms with Crippen molar-refractivity contribution in [1.29, 1.82) is 0 Å². The zero-order valence-corrected chi connectivity index (χ0v) is 10.8. The third kappa shape index (κ3) is 1.77. The van der Waals surface area contributed by atoms with E-state index in [1.807, 2.05) is 26.0 Å². The Balaban J connectivity index is 2.40. The third-order valence-corrected chi connectivity index (χ3v) is 4.28. The second-order valence-electron chi connectivity index (χ2n) is 5.34. The van der Waals surface area contributed by atoms with Gasteiger partial charge in [0.15, 0.2) is 0 Å². The molecule has 2 atom stereocenters. The summed E-state index contributed by atoms with van der Waals surface area (Å²) >= 11 is 0. The molecule has 0 aliphatic carbocycles. The lowest BCUT2D eigenvalue weighted by Gasteiger charge is -2.55. The van der Waals surface area contributed by atoms with Crippen molar-refractivity contribution in [3.8, 4) is 0 Å². The van der Waals surface area contributed by atoms with Gasteiger partial charge in [-0.2, -0.15) is 0 Å². The third-order valence-electron chi connectivity index (χ3n) is 4.28. The van der Waals surface area contributed by atoms with Crippen LogP contribution in [0.4, 0.5) is 0 Å². The van der Waals surface area contributed by atoms with E-state index in [4.69, 9.17) is 4.74 Å². The van der Waals surface area contributed by atoms with E-state index in [0.717, 1.165) is 11.1 Å². The molecule has 2 unspecified atom stereocenters. The Bertz CT molecular complexity index is 441. The maximum absolute atomic E-state index is 9.50. The van der Waals surface area contributed by atoms with E-state index in [-0.39, 0.29) is 25.2 Å². The summed E-state index contributed by atoms with van der Waals surface area (Å²) in [5, 5.41) is 28.0. The summed E-state index contributed by atoms with van der Waals surface area (Å²) in [6.45, 7) is 4.30. The van der Waals surface area contributed by atoms with Crippen LogP contribution in [-0.4, -0.2) is 28.5 Å². The largest absolute Gasteiger partial charge is 0.396 e. The van der Waals surface area contributed by atoms with Crippen LogP contribution in [0.25, 0.3) is 0 Å². The molecule has 1 heterocycles. The Kier molecular flexibility index (Phi) is 3.47. The topological polar surface area (TPSA) is 69.9 Å². The van der Waals surface area contributed by atoms with Crippen LogP contribution in [0.2, 0.25) is 0 Å². The van der Waals surface area contributed by atoms with E-state index < -0.39 is 5.60 Å². The van der Waals surface area contributed by atoms with Crippen LogP contribution in [-0.2, 0) is 23.6 Å². The van der Waals surface area contributed by atoms with Crippen LogP contribution >= 0.6 is 0 Å². The molecule has 1 aliphatic rings. The lowest BCUT2D eigenvalue weighted by Crippen LogP contribution is -2.59. The Labute approximate surface area is 107 Å². The fourth-order valence-electron chi connectivity index (χ4n) is 2.39. The van der Waals surface area contributed by atoms with Crippen molar-refractivity contribution in [3.63, 3.8) is 0 Å². The molecule has 4 nitrogen and oxygen atoms in total. The lowest BCUT2D eigenvalue weighted by molar-refractivity contribution is -0.271. The SMILES string of the molecule is CC1(CO)COC1(C)c1ccc(CO)c(CO)c1. The van der Waals surface area contributed by atoms with E-state index in [1.165, 1.54) is 0 Å². The minimum Gasteiger partial charge on any atom is -0.396 e. The number of ether oxygens (including phenoxy) is 1. The maximum Gasteiger partial charge on any atom is 0.100 e. The molecule has 100 valence electrons. The molecular formula is C14H20O4. The number of hydrogen-bond donors (Lipinski definition) is 3. The van der Waals surface area contributed by atoms with Gasteiger partial charge in [0, 0.05) is 5.41 Å². The quantitative estimate of drug-likeness (QED) is 0.745. The highest BCUT2D eigenvalue weighted by Crippen LogP contribution is 2.51. The summed E-state index contributed by atoms with van der Waals surface area (Å²) in [7, 11) is 0. The minimum absolute atomic E-state index is 0.0553. The van der Waals surface area contributed by atoms with Crippen LogP contribution in [0.5, 0.6) is 0 Å². The first-order valence-electron chi connectivity index (χ1n) is 6.09. The van der Waals surface area contributed by atoms with Crippen LogP contribution in [0.3, 0.4) is 0 Å². The van der Waals surface area contributed by atoms with Gasteiger partial charge in [0.1, 0.15) is 5.60 Å². The van der Waals surface area contributed by atoms with Crippen LogP contribution < -0.4 is 0 Å². The molecular weight excluding hydrogens is 232 g/mol. The highest BCUT2D eigenvalue weighted by atomic mass is 16.5. The summed E-state index contributed by atoms with van der Waals surface area (Å²) in [6.07, 6.45) is 0. The molecule has 1 fully saturated rings. The van der Waals surface area contributed by atoms with Gasteiger partial charge in [0.05, 0.1) is 26.4 Å². The predicted octanol–water partition coefficient (Wildman–Crippen LogP) is 0.915. The molecule has 1 aromatic carbocycles. The molecule has 0 amide bonds. The van der Waals surface area contributed by atoms with Gasteiger partial charge in [-0.25, -0.2) is 0 Å². The van der Waals surface area contributed by atoms with Crippen molar-refractivity contribution in [3.05, 3.63) is 34.9 Å². The van der Waals surface area contributed by atoms with Crippen LogP contribution in [0.1, 0.15) is 30.5 Å². The zero-order valence-electron chi connectivity index (χ0n) is 10.8. The molecule has 0 saturated carbocycles. The summed E-state index contributed by atoms with van der Waals surface area (Å²) in [5.41, 5.74) is 1.49. The first-order valence-corrected chi connectivity index (χ1v) is 6.09. The highest BCUT2D eigenvalue weighted by molar-refractivity contribution is 5.36. The van der Waals surface area contributed by atoms with Crippen molar-refractivity contribution >= 4 is 0 Å². The fraction of sp³-hybridized carbons (Fsp3) is 0.571. The molecule has 3 N–H and O–H groups in total. The average Bonchev–Trinajstić information content (AvgIpc) is 2.43. The Morgan fingerprint density at radius 1 is 1.11 bits per heavy atom. The summed E-state index contributed by atoms with van der Waals surface area (Å²) < 4.78 is 5.68. The van der Waals surface area contributed by atoms with Crippen LogP contribution in [0, 0.1) is 5.41 Å². The van der Waals surface area contributed by atoms with Gasteiger partial charge in [-0.05, 0) is 23.6 Å². The molecule has 1 saturated heterocycles. The maximum atomic E-state index is 9.50. The minimum atomic E-state index is -0.542. The molecule has 1 aliphatic heterocycles. The van der Waals surface area contributed by atoms with E-state index in [2.05, 4.69) is 0 Å². The molecule has 0 aromatic heterocycles. The van der Waals surface area contributed by atoms with Gasteiger partial charge >= 0.3 is 0 Å². The zero-order chi connectivity index (χ0) is 13.4. The standard InChI is InChI=1S/C14H20O4/c1-13(8-17)9-18-14(13,2)12-4-3-10(6-15)11(5-12)7-16/h3-5,15-17H,6-9H2,1-2H3. The number of benzene rings is 1. The predicted molar refractivity (Wildman–Crippen MR) is 66.8 cm³/mol. The Morgan fingerprint density at radius 2 is 1.78 bits per heavy atom. The van der Waals surface area contributed by atoms with Crippen molar-refractivity contribution in [2.75, 3.05) is 13.2 Å². The molecule has 1 aromatic rings. The van der Waals surface area contributed by atoms with E-state index in [1.54, 1.807) is 6.07 Å². The van der Waals surface area contributed by atoms with Crippen molar-refractivity contribution < 1.29 is 20.1 Å². The van der Waals surface area contributed by atoms with E-state index >= 15 is 0 Å². The van der Waals surface area contributed by atoms with Crippen molar-refractivity contribution in [2.24, 2.45) is 5.41 Å². The number of hydrogen-bond acceptors (Lipinski definition) is 4. The van der Waals surface area contributed by atoms with E-state index in [9.17, 15) is 15.3 Å². The smallest absolute Gasteiger partial charge is 0.100 e. The summed E-state index contributed by atoms with van der Waals surface area (Å²) in [6, 6.07) is 5.53. The second-order valence-corrected chi connectivity index (χ2v) is 5.34. The number of rotatable bonds is 4. The molecule has 2 rings (SSSR count). The van der Waals surface area contributed by atoms with Gasteiger partial charge in [0.2, 0.25) is 0 Å². The van der Waals surface area contributed by atoms with Crippen LogP contribution in [0.15, 0.2) is 18.2 Å². The van der Waals surface area contributed by atoms with Gasteiger partial charge < -0.3 is 20.1 Å². The monoisotopic (exact) mass is 252 g/mol. The lowest BCUT2D eigenvalue weighted by atomic mass is 9.66. The average molecular weight is 252 g/mol. The highest BCUT2D eigenvalue weighted by Gasteiger charge is 2.55. The Morgan fingerprint density at radius 3 is 2.22 bits per heavy atom. The van der Waals surface area contributed by atoms with E-state index in [0.29, 0.717) is 12.2 Å². The normalized spacial score (nSPS) is 31.2. The molecule has 4 heteroatoms. The molecule has 0 spiro atoms. The number of aliphatic hydroxyl groups is 3. The molecule has 0 bridgehead atoms. The first-order chi connectivity index (χ1) is 8.50. The molecule has 0 radical (unpaired) electrons.